The first-order valence-electron chi connectivity index (χ1n) is 8.48. The molecule has 21 heavy (non-hydrogen) atoms. The van der Waals surface area contributed by atoms with Crippen molar-refractivity contribution in [2.75, 3.05) is 18.5 Å². The van der Waals surface area contributed by atoms with Crippen molar-refractivity contribution in [1.29, 1.82) is 0 Å². The van der Waals surface area contributed by atoms with Gasteiger partial charge in [0.15, 0.2) is 5.13 Å². The van der Waals surface area contributed by atoms with Gasteiger partial charge in [-0.2, -0.15) is 0 Å². The molecule has 1 N–H and O–H groups in total. The van der Waals surface area contributed by atoms with Crippen molar-refractivity contribution in [2.24, 2.45) is 11.8 Å². The third-order valence-electron chi connectivity index (χ3n) is 4.64. The quantitative estimate of drug-likeness (QED) is 0.814. The molecule has 0 spiro atoms. The molecule has 1 aliphatic rings. The molecule has 4 heteroatoms. The molecule has 0 bridgehead atoms. The van der Waals surface area contributed by atoms with E-state index >= 15 is 0 Å². The fourth-order valence-corrected chi connectivity index (χ4v) is 3.99. The third kappa shape index (κ3) is 4.96. The number of hydrogen-bond acceptors (Lipinski definition) is 4. The molecule has 0 aliphatic heterocycles. The lowest BCUT2D eigenvalue weighted by Gasteiger charge is -2.34. The fourth-order valence-electron chi connectivity index (χ4n) is 3.12. The predicted octanol–water partition coefficient (Wildman–Crippen LogP) is 4.29. The smallest absolute Gasteiger partial charge is 0.185 e. The minimum atomic E-state index is 0.690. The summed E-state index contributed by atoms with van der Waals surface area (Å²) in [4.78, 5) is 7.22. The van der Waals surface area contributed by atoms with E-state index in [1.165, 1.54) is 42.9 Å². The summed E-state index contributed by atoms with van der Waals surface area (Å²) in [6.07, 6.45) is 6.78. The normalized spacial score (nSPS) is 22.7. The number of aromatic nitrogens is 1. The van der Waals surface area contributed by atoms with E-state index in [0.717, 1.165) is 19.0 Å². The Balaban J connectivity index is 1.83. The highest BCUT2D eigenvalue weighted by Gasteiger charge is 2.24. The van der Waals surface area contributed by atoms with Crippen molar-refractivity contribution in [3.05, 3.63) is 11.1 Å². The van der Waals surface area contributed by atoms with Crippen molar-refractivity contribution in [2.45, 2.75) is 65.5 Å². The predicted molar refractivity (Wildman–Crippen MR) is 93.1 cm³/mol. The van der Waals surface area contributed by atoms with Crippen LogP contribution in [-0.4, -0.2) is 24.6 Å². The zero-order valence-electron chi connectivity index (χ0n) is 14.1. The summed E-state index contributed by atoms with van der Waals surface area (Å²) in [5.74, 6) is 1.65. The van der Waals surface area contributed by atoms with E-state index in [1.807, 2.05) is 0 Å². The molecule has 0 amide bonds. The summed E-state index contributed by atoms with van der Waals surface area (Å²) in [6.45, 7) is 8.75. The van der Waals surface area contributed by atoms with Gasteiger partial charge in [-0.3, -0.25) is 0 Å². The highest BCUT2D eigenvalue weighted by molar-refractivity contribution is 7.13. The van der Waals surface area contributed by atoms with Gasteiger partial charge in [0, 0.05) is 25.0 Å². The standard InChI is InChI=1S/C17H31N3S/c1-5-14-6-8-16(9-7-14)20(4)17-19-15(12-21-17)11-18-10-13(2)3/h12-14,16,18H,5-11H2,1-4H3. The molecule has 1 saturated carbocycles. The lowest BCUT2D eigenvalue weighted by Crippen LogP contribution is -2.35. The topological polar surface area (TPSA) is 28.2 Å². The van der Waals surface area contributed by atoms with Crippen LogP contribution in [0.4, 0.5) is 5.13 Å². The molecule has 120 valence electrons. The van der Waals surface area contributed by atoms with E-state index < -0.39 is 0 Å². The number of rotatable bonds is 7. The lowest BCUT2D eigenvalue weighted by atomic mass is 9.84. The van der Waals surface area contributed by atoms with Crippen LogP contribution in [0.25, 0.3) is 0 Å². The summed E-state index contributed by atoms with van der Waals surface area (Å²) in [6, 6.07) is 0.690. The van der Waals surface area contributed by atoms with E-state index in [4.69, 9.17) is 4.98 Å². The van der Waals surface area contributed by atoms with Gasteiger partial charge in [0.2, 0.25) is 0 Å². The maximum absolute atomic E-state index is 4.80. The summed E-state index contributed by atoms with van der Waals surface area (Å²) in [5, 5.41) is 6.87. The van der Waals surface area contributed by atoms with Crippen LogP contribution < -0.4 is 10.2 Å². The van der Waals surface area contributed by atoms with Gasteiger partial charge in [0.1, 0.15) is 0 Å². The van der Waals surface area contributed by atoms with Gasteiger partial charge in [-0.05, 0) is 44.1 Å². The first kappa shape index (κ1) is 16.8. The summed E-state index contributed by atoms with van der Waals surface area (Å²) < 4.78 is 0. The Labute approximate surface area is 134 Å². The SMILES string of the molecule is CCC1CCC(N(C)c2nc(CNCC(C)C)cs2)CC1. The van der Waals surface area contributed by atoms with Gasteiger partial charge in [0.05, 0.1) is 5.69 Å². The second-order valence-corrected chi connectivity index (χ2v) is 7.68. The van der Waals surface area contributed by atoms with Gasteiger partial charge in [-0.1, -0.05) is 27.2 Å². The Morgan fingerprint density at radius 3 is 2.67 bits per heavy atom. The monoisotopic (exact) mass is 309 g/mol. The van der Waals surface area contributed by atoms with Gasteiger partial charge < -0.3 is 10.2 Å². The average Bonchev–Trinajstić information content (AvgIpc) is 2.95. The molecule has 3 nitrogen and oxygen atoms in total. The molecular weight excluding hydrogens is 278 g/mol. The van der Waals surface area contributed by atoms with E-state index in [1.54, 1.807) is 11.3 Å². The second-order valence-electron chi connectivity index (χ2n) is 6.84. The maximum Gasteiger partial charge on any atom is 0.185 e. The summed E-state index contributed by atoms with van der Waals surface area (Å²) in [7, 11) is 2.22. The van der Waals surface area contributed by atoms with E-state index in [0.29, 0.717) is 12.0 Å². The number of anilines is 1. The third-order valence-corrected chi connectivity index (χ3v) is 5.62. The average molecular weight is 310 g/mol. The molecule has 0 aromatic carbocycles. The van der Waals surface area contributed by atoms with E-state index in [-0.39, 0.29) is 0 Å². The summed E-state index contributed by atoms with van der Waals surface area (Å²) in [5.41, 5.74) is 1.18. The van der Waals surface area contributed by atoms with Crippen molar-refractivity contribution in [3.8, 4) is 0 Å². The zero-order chi connectivity index (χ0) is 15.2. The van der Waals surface area contributed by atoms with E-state index in [9.17, 15) is 0 Å². The van der Waals surface area contributed by atoms with Crippen molar-refractivity contribution >= 4 is 16.5 Å². The van der Waals surface area contributed by atoms with Crippen LogP contribution in [0.1, 0.15) is 58.6 Å². The van der Waals surface area contributed by atoms with Crippen LogP contribution in [0.2, 0.25) is 0 Å². The minimum absolute atomic E-state index is 0.690. The molecular formula is C17H31N3S. The zero-order valence-corrected chi connectivity index (χ0v) is 14.9. The Morgan fingerprint density at radius 1 is 1.33 bits per heavy atom. The highest BCUT2D eigenvalue weighted by Crippen LogP contribution is 2.32. The molecule has 2 rings (SSSR count). The Bertz CT molecular complexity index is 408. The first-order chi connectivity index (χ1) is 10.1. The second kappa shape index (κ2) is 8.14. The molecule has 1 heterocycles. The van der Waals surface area contributed by atoms with E-state index in [2.05, 4.69) is 43.4 Å². The van der Waals surface area contributed by atoms with Gasteiger partial charge in [-0.25, -0.2) is 4.98 Å². The van der Waals surface area contributed by atoms with Crippen LogP contribution >= 0.6 is 11.3 Å². The number of nitrogens with zero attached hydrogens (tertiary/aromatic N) is 2. The van der Waals surface area contributed by atoms with Crippen LogP contribution in [-0.2, 0) is 6.54 Å². The molecule has 1 aromatic heterocycles. The van der Waals surface area contributed by atoms with Crippen LogP contribution in [0.5, 0.6) is 0 Å². The number of thiazole rings is 1. The lowest BCUT2D eigenvalue weighted by molar-refractivity contribution is 0.313. The molecule has 1 fully saturated rings. The molecule has 0 atom stereocenters. The molecule has 0 unspecified atom stereocenters. The van der Waals surface area contributed by atoms with Gasteiger partial charge in [-0.15, -0.1) is 11.3 Å². The van der Waals surface area contributed by atoms with Crippen molar-refractivity contribution < 1.29 is 0 Å². The van der Waals surface area contributed by atoms with Crippen LogP contribution in [0.15, 0.2) is 5.38 Å². The van der Waals surface area contributed by atoms with Crippen LogP contribution in [0, 0.1) is 11.8 Å². The maximum atomic E-state index is 4.80. The summed E-state index contributed by atoms with van der Waals surface area (Å²) >= 11 is 1.79. The minimum Gasteiger partial charge on any atom is -0.348 e. The van der Waals surface area contributed by atoms with Crippen molar-refractivity contribution in [1.82, 2.24) is 10.3 Å². The molecule has 0 radical (unpaired) electrons. The molecule has 1 aliphatic carbocycles. The van der Waals surface area contributed by atoms with Gasteiger partial charge in [0.25, 0.3) is 0 Å². The molecule has 0 saturated heterocycles. The number of hydrogen-bond donors (Lipinski definition) is 1. The molecule has 1 aromatic rings. The Kier molecular flexibility index (Phi) is 6.49. The Hall–Kier alpha value is -0.610. The fraction of sp³-hybridized carbons (Fsp3) is 0.824. The number of nitrogens with one attached hydrogen (secondary N) is 1. The van der Waals surface area contributed by atoms with Gasteiger partial charge >= 0.3 is 0 Å². The van der Waals surface area contributed by atoms with Crippen molar-refractivity contribution in [3.63, 3.8) is 0 Å². The first-order valence-corrected chi connectivity index (χ1v) is 9.36. The highest BCUT2D eigenvalue weighted by atomic mass is 32.1. The largest absolute Gasteiger partial charge is 0.348 e. The van der Waals surface area contributed by atoms with Crippen LogP contribution in [0.3, 0.4) is 0 Å². The Morgan fingerprint density at radius 2 is 2.05 bits per heavy atom.